The van der Waals surface area contributed by atoms with E-state index in [0.29, 0.717) is 5.92 Å². The van der Waals surface area contributed by atoms with Gasteiger partial charge in [-0.1, -0.05) is 29.3 Å². The lowest BCUT2D eigenvalue weighted by Crippen LogP contribution is -2.40. The number of carbonyl (C=O) groups is 1. The van der Waals surface area contributed by atoms with Crippen molar-refractivity contribution in [1.29, 1.82) is 0 Å². The quantitative estimate of drug-likeness (QED) is 0.568. The average Bonchev–Trinajstić information content (AvgIpc) is 2.55. The molecular weight excluding hydrogens is 330 g/mol. The molecule has 0 bridgehead atoms. The van der Waals surface area contributed by atoms with E-state index in [9.17, 15) is 4.79 Å². The standard InChI is InChI=1S/C17H24BrNO2/c1-2-3-11-21-16-8-6-15(7-9-16)17(20)19-10-4-5-14(12-18)13-19/h6-9,14H,2-5,10-13H2,1H3. The third kappa shape index (κ3) is 4.73. The number of amides is 1. The normalized spacial score (nSPS) is 18.6. The van der Waals surface area contributed by atoms with Gasteiger partial charge in [-0.3, -0.25) is 4.79 Å². The van der Waals surface area contributed by atoms with Crippen molar-refractivity contribution in [3.63, 3.8) is 0 Å². The molecule has 1 unspecified atom stereocenters. The van der Waals surface area contributed by atoms with Crippen LogP contribution in [0, 0.1) is 5.92 Å². The molecule has 1 aliphatic heterocycles. The van der Waals surface area contributed by atoms with Gasteiger partial charge in [-0.15, -0.1) is 0 Å². The van der Waals surface area contributed by atoms with Gasteiger partial charge in [-0.05, 0) is 49.4 Å². The van der Waals surface area contributed by atoms with Crippen LogP contribution in [0.15, 0.2) is 24.3 Å². The molecule has 2 rings (SSSR count). The number of likely N-dealkylation sites (tertiary alicyclic amines) is 1. The fraction of sp³-hybridized carbons (Fsp3) is 0.588. The molecule has 0 saturated carbocycles. The monoisotopic (exact) mass is 353 g/mol. The SMILES string of the molecule is CCCCOc1ccc(C(=O)N2CCCC(CBr)C2)cc1. The van der Waals surface area contributed by atoms with Crippen LogP contribution < -0.4 is 4.74 Å². The Morgan fingerprint density at radius 3 is 2.81 bits per heavy atom. The zero-order chi connectivity index (χ0) is 15.1. The van der Waals surface area contributed by atoms with E-state index in [1.54, 1.807) is 0 Å². The number of hydrogen-bond acceptors (Lipinski definition) is 2. The van der Waals surface area contributed by atoms with Crippen LogP contribution in [0.25, 0.3) is 0 Å². The Bertz CT molecular complexity index is 447. The highest BCUT2D eigenvalue weighted by atomic mass is 79.9. The van der Waals surface area contributed by atoms with E-state index < -0.39 is 0 Å². The topological polar surface area (TPSA) is 29.5 Å². The Hall–Kier alpha value is -1.03. The van der Waals surface area contributed by atoms with E-state index in [-0.39, 0.29) is 5.91 Å². The highest BCUT2D eigenvalue weighted by Gasteiger charge is 2.23. The molecule has 0 aliphatic carbocycles. The van der Waals surface area contributed by atoms with Crippen LogP contribution in [0.2, 0.25) is 0 Å². The number of ether oxygens (including phenoxy) is 1. The second-order valence-corrected chi connectivity index (χ2v) is 6.29. The van der Waals surface area contributed by atoms with E-state index in [1.807, 2.05) is 29.2 Å². The number of rotatable bonds is 6. The minimum Gasteiger partial charge on any atom is -0.494 e. The van der Waals surface area contributed by atoms with Gasteiger partial charge >= 0.3 is 0 Å². The molecule has 116 valence electrons. The largest absolute Gasteiger partial charge is 0.494 e. The minimum atomic E-state index is 0.140. The first kappa shape index (κ1) is 16.3. The predicted molar refractivity (Wildman–Crippen MR) is 89.3 cm³/mol. The molecule has 0 radical (unpaired) electrons. The summed E-state index contributed by atoms with van der Waals surface area (Å²) in [5.41, 5.74) is 0.757. The van der Waals surface area contributed by atoms with Gasteiger partial charge in [0, 0.05) is 24.0 Å². The number of benzene rings is 1. The van der Waals surface area contributed by atoms with Crippen molar-refractivity contribution in [3.05, 3.63) is 29.8 Å². The Kier molecular flexibility index (Phi) is 6.55. The van der Waals surface area contributed by atoms with Crippen molar-refractivity contribution >= 4 is 21.8 Å². The smallest absolute Gasteiger partial charge is 0.253 e. The van der Waals surface area contributed by atoms with E-state index in [0.717, 1.165) is 55.6 Å². The maximum absolute atomic E-state index is 12.5. The number of alkyl halides is 1. The fourth-order valence-corrected chi connectivity index (χ4v) is 3.11. The van der Waals surface area contributed by atoms with Crippen LogP contribution in [0.5, 0.6) is 5.75 Å². The summed E-state index contributed by atoms with van der Waals surface area (Å²) in [5.74, 6) is 1.57. The van der Waals surface area contributed by atoms with Crippen LogP contribution in [0.4, 0.5) is 0 Å². The van der Waals surface area contributed by atoms with Gasteiger partial charge in [0.05, 0.1) is 6.61 Å². The molecule has 4 heteroatoms. The molecule has 1 aliphatic rings. The molecule has 1 aromatic rings. The highest BCUT2D eigenvalue weighted by molar-refractivity contribution is 9.09. The van der Waals surface area contributed by atoms with Crippen LogP contribution in [-0.4, -0.2) is 35.8 Å². The Balaban J connectivity index is 1.93. The summed E-state index contributed by atoms with van der Waals surface area (Å²) in [6.07, 6.45) is 4.49. The molecular formula is C17H24BrNO2. The molecule has 1 amide bonds. The van der Waals surface area contributed by atoms with E-state index in [4.69, 9.17) is 4.74 Å². The summed E-state index contributed by atoms with van der Waals surface area (Å²) in [7, 11) is 0. The second-order valence-electron chi connectivity index (χ2n) is 5.64. The van der Waals surface area contributed by atoms with Gasteiger partial charge < -0.3 is 9.64 Å². The molecule has 21 heavy (non-hydrogen) atoms. The average molecular weight is 354 g/mol. The first-order valence-corrected chi connectivity index (χ1v) is 8.94. The lowest BCUT2D eigenvalue weighted by atomic mass is 9.99. The number of unbranched alkanes of at least 4 members (excludes halogenated alkanes) is 1. The zero-order valence-electron chi connectivity index (χ0n) is 12.7. The Labute approximate surface area is 135 Å². The molecule has 3 nitrogen and oxygen atoms in total. The Morgan fingerprint density at radius 2 is 2.14 bits per heavy atom. The molecule has 0 aromatic heterocycles. The molecule has 0 N–H and O–H groups in total. The predicted octanol–water partition coefficient (Wildman–Crippen LogP) is 4.11. The third-order valence-corrected chi connectivity index (χ3v) is 4.81. The van der Waals surface area contributed by atoms with Crippen molar-refractivity contribution < 1.29 is 9.53 Å². The molecule has 1 heterocycles. The van der Waals surface area contributed by atoms with Gasteiger partial charge in [0.15, 0.2) is 0 Å². The molecule has 0 spiro atoms. The number of halogens is 1. The third-order valence-electron chi connectivity index (χ3n) is 3.89. The summed E-state index contributed by atoms with van der Waals surface area (Å²) in [4.78, 5) is 14.5. The van der Waals surface area contributed by atoms with Crippen molar-refractivity contribution in [2.75, 3.05) is 25.0 Å². The number of piperidine rings is 1. The summed E-state index contributed by atoms with van der Waals surface area (Å²) in [6, 6.07) is 7.55. The van der Waals surface area contributed by atoms with E-state index >= 15 is 0 Å². The zero-order valence-corrected chi connectivity index (χ0v) is 14.3. The number of nitrogens with zero attached hydrogens (tertiary/aromatic N) is 1. The van der Waals surface area contributed by atoms with Crippen LogP contribution >= 0.6 is 15.9 Å². The van der Waals surface area contributed by atoms with Gasteiger partial charge in [0.1, 0.15) is 5.75 Å². The van der Waals surface area contributed by atoms with Gasteiger partial charge in [0.25, 0.3) is 5.91 Å². The number of hydrogen-bond donors (Lipinski definition) is 0. The first-order valence-electron chi connectivity index (χ1n) is 7.82. The summed E-state index contributed by atoms with van der Waals surface area (Å²) >= 11 is 3.53. The second kappa shape index (κ2) is 8.42. The Morgan fingerprint density at radius 1 is 1.38 bits per heavy atom. The highest BCUT2D eigenvalue weighted by Crippen LogP contribution is 2.21. The van der Waals surface area contributed by atoms with Crippen LogP contribution in [0.1, 0.15) is 43.0 Å². The van der Waals surface area contributed by atoms with Gasteiger partial charge in [-0.2, -0.15) is 0 Å². The number of carbonyl (C=O) groups excluding carboxylic acids is 1. The molecule has 1 fully saturated rings. The molecule has 1 atom stereocenters. The molecule has 1 aromatic carbocycles. The van der Waals surface area contributed by atoms with Crippen LogP contribution in [-0.2, 0) is 0 Å². The van der Waals surface area contributed by atoms with Gasteiger partial charge in [-0.25, -0.2) is 0 Å². The maximum atomic E-state index is 12.5. The summed E-state index contributed by atoms with van der Waals surface area (Å²) in [5, 5.41) is 0.973. The van der Waals surface area contributed by atoms with Gasteiger partial charge in [0.2, 0.25) is 0 Å². The first-order chi connectivity index (χ1) is 10.2. The van der Waals surface area contributed by atoms with Crippen molar-refractivity contribution in [2.45, 2.75) is 32.6 Å². The summed E-state index contributed by atoms with van der Waals surface area (Å²) in [6.45, 7) is 4.61. The lowest BCUT2D eigenvalue weighted by Gasteiger charge is -2.32. The van der Waals surface area contributed by atoms with Crippen LogP contribution in [0.3, 0.4) is 0 Å². The maximum Gasteiger partial charge on any atom is 0.253 e. The lowest BCUT2D eigenvalue weighted by molar-refractivity contribution is 0.0686. The molecule has 1 saturated heterocycles. The van der Waals surface area contributed by atoms with E-state index in [2.05, 4.69) is 22.9 Å². The van der Waals surface area contributed by atoms with E-state index in [1.165, 1.54) is 6.42 Å². The summed E-state index contributed by atoms with van der Waals surface area (Å²) < 4.78 is 5.63. The minimum absolute atomic E-state index is 0.140. The fourth-order valence-electron chi connectivity index (χ4n) is 2.59. The van der Waals surface area contributed by atoms with Crippen molar-refractivity contribution in [1.82, 2.24) is 4.90 Å². The van der Waals surface area contributed by atoms with Crippen molar-refractivity contribution in [2.24, 2.45) is 5.92 Å². The van der Waals surface area contributed by atoms with Crippen molar-refractivity contribution in [3.8, 4) is 5.75 Å².